The maximum absolute atomic E-state index is 13.2. The third kappa shape index (κ3) is 5.78. The highest BCUT2D eigenvalue weighted by Crippen LogP contribution is 2.22. The highest BCUT2D eigenvalue weighted by molar-refractivity contribution is 9.10. The van der Waals surface area contributed by atoms with E-state index in [1.807, 2.05) is 0 Å². The second-order valence-electron chi connectivity index (χ2n) is 5.54. The monoisotopic (exact) mass is 445 g/mol. The van der Waals surface area contributed by atoms with Crippen LogP contribution in [0.25, 0.3) is 0 Å². The number of rotatable bonds is 6. The van der Waals surface area contributed by atoms with Crippen LogP contribution in [0.1, 0.15) is 11.1 Å². The quantitative estimate of drug-likeness (QED) is 0.686. The largest absolute Gasteiger partial charge is 0.467 e. The number of esters is 1. The van der Waals surface area contributed by atoms with Crippen molar-refractivity contribution in [2.45, 2.75) is 18.9 Å². The third-order valence-corrected chi connectivity index (χ3v) is 4.55. The average Bonchev–Trinajstić information content (AvgIpc) is 2.55. The fourth-order valence-electron chi connectivity index (χ4n) is 2.40. The molecule has 2 aromatic carbocycles. The summed E-state index contributed by atoms with van der Waals surface area (Å²) in [5.41, 5.74) is 0.859. The van der Waals surface area contributed by atoms with Gasteiger partial charge in [-0.05, 0) is 41.5 Å². The molecule has 138 valence electrons. The molecule has 8 heteroatoms. The molecule has 2 rings (SSSR count). The van der Waals surface area contributed by atoms with Crippen molar-refractivity contribution >= 4 is 39.4 Å². The molecule has 4 nitrogen and oxygen atoms in total. The lowest BCUT2D eigenvalue weighted by Gasteiger charge is -2.17. The molecule has 0 spiro atoms. The standard InChI is InChI=1S/C18H15BrClF2NO3/c1-26-18(25)16(8-11-7-12(20)2-3-15(11)19)23-17(24)6-10-4-13(21)9-14(22)5-10/h2-5,7,9,16H,6,8H2,1H3,(H,23,24)/t16-/m0/s1. The molecule has 0 heterocycles. The van der Waals surface area contributed by atoms with E-state index in [1.54, 1.807) is 18.2 Å². The Kier molecular flexibility index (Phi) is 7.11. The molecule has 0 aromatic heterocycles. The van der Waals surface area contributed by atoms with Gasteiger partial charge in [-0.1, -0.05) is 27.5 Å². The van der Waals surface area contributed by atoms with Crippen molar-refractivity contribution in [2.75, 3.05) is 7.11 Å². The minimum absolute atomic E-state index is 0.136. The topological polar surface area (TPSA) is 55.4 Å². The van der Waals surface area contributed by atoms with Crippen molar-refractivity contribution in [3.05, 3.63) is 68.7 Å². The molecule has 0 fully saturated rings. The highest BCUT2D eigenvalue weighted by Gasteiger charge is 2.23. The van der Waals surface area contributed by atoms with Gasteiger partial charge in [-0.3, -0.25) is 4.79 Å². The van der Waals surface area contributed by atoms with E-state index in [0.29, 0.717) is 10.6 Å². The van der Waals surface area contributed by atoms with Crippen LogP contribution in [0.4, 0.5) is 8.78 Å². The molecule has 1 N–H and O–H groups in total. The van der Waals surface area contributed by atoms with Crippen LogP contribution >= 0.6 is 27.5 Å². The molecule has 0 unspecified atom stereocenters. The Morgan fingerprint density at radius 2 is 1.85 bits per heavy atom. The molecule has 0 aliphatic heterocycles. The first kappa shape index (κ1) is 20.3. The number of methoxy groups -OCH3 is 1. The van der Waals surface area contributed by atoms with Crippen molar-refractivity contribution in [1.29, 1.82) is 0 Å². The van der Waals surface area contributed by atoms with Gasteiger partial charge in [-0.15, -0.1) is 0 Å². The summed E-state index contributed by atoms with van der Waals surface area (Å²) in [6.45, 7) is 0. The summed E-state index contributed by atoms with van der Waals surface area (Å²) in [6, 6.07) is 6.93. The van der Waals surface area contributed by atoms with Crippen LogP contribution in [0.3, 0.4) is 0 Å². The van der Waals surface area contributed by atoms with Gasteiger partial charge in [0.25, 0.3) is 0 Å². The third-order valence-electron chi connectivity index (χ3n) is 3.54. The van der Waals surface area contributed by atoms with Crippen molar-refractivity contribution < 1.29 is 23.1 Å². The van der Waals surface area contributed by atoms with Crippen LogP contribution < -0.4 is 5.32 Å². The molecule has 0 radical (unpaired) electrons. The van der Waals surface area contributed by atoms with E-state index in [2.05, 4.69) is 21.2 Å². The molecular weight excluding hydrogens is 432 g/mol. The zero-order valence-electron chi connectivity index (χ0n) is 13.7. The number of carbonyl (C=O) groups excluding carboxylic acids is 2. The SMILES string of the molecule is COC(=O)[C@H](Cc1cc(Cl)ccc1Br)NC(=O)Cc1cc(F)cc(F)c1. The molecule has 0 saturated heterocycles. The smallest absolute Gasteiger partial charge is 0.328 e. The highest BCUT2D eigenvalue weighted by atomic mass is 79.9. The van der Waals surface area contributed by atoms with Gasteiger partial charge in [0.15, 0.2) is 0 Å². The summed E-state index contributed by atoms with van der Waals surface area (Å²) in [5.74, 6) is -2.76. The van der Waals surface area contributed by atoms with Crippen LogP contribution in [0.5, 0.6) is 0 Å². The van der Waals surface area contributed by atoms with Gasteiger partial charge in [0.1, 0.15) is 17.7 Å². The Morgan fingerprint density at radius 3 is 2.46 bits per heavy atom. The summed E-state index contributed by atoms with van der Waals surface area (Å²) in [5, 5.41) is 3.01. The minimum atomic E-state index is -0.972. The molecule has 0 saturated carbocycles. The van der Waals surface area contributed by atoms with Gasteiger partial charge >= 0.3 is 5.97 Å². The maximum atomic E-state index is 13.2. The van der Waals surface area contributed by atoms with Gasteiger partial charge < -0.3 is 10.1 Å². The zero-order chi connectivity index (χ0) is 19.3. The van der Waals surface area contributed by atoms with E-state index in [1.165, 1.54) is 7.11 Å². The number of nitrogens with one attached hydrogen (secondary N) is 1. The Morgan fingerprint density at radius 1 is 1.19 bits per heavy atom. The fourth-order valence-corrected chi connectivity index (χ4v) is 3.00. The molecule has 0 aliphatic carbocycles. The van der Waals surface area contributed by atoms with Crippen molar-refractivity contribution in [1.82, 2.24) is 5.32 Å². The Balaban J connectivity index is 2.13. The number of hydrogen-bond acceptors (Lipinski definition) is 3. The average molecular weight is 447 g/mol. The van der Waals surface area contributed by atoms with E-state index >= 15 is 0 Å². The molecule has 2 aromatic rings. The molecule has 1 atom stereocenters. The van der Waals surface area contributed by atoms with Gasteiger partial charge in [-0.25, -0.2) is 13.6 Å². The fraction of sp³-hybridized carbons (Fsp3) is 0.222. The number of hydrogen-bond donors (Lipinski definition) is 1. The van der Waals surface area contributed by atoms with Gasteiger partial charge in [0, 0.05) is 22.0 Å². The molecule has 0 bridgehead atoms. The minimum Gasteiger partial charge on any atom is -0.467 e. The van der Waals surface area contributed by atoms with Crippen LogP contribution in [0.2, 0.25) is 5.02 Å². The van der Waals surface area contributed by atoms with E-state index in [-0.39, 0.29) is 18.4 Å². The number of carbonyl (C=O) groups is 2. The van der Waals surface area contributed by atoms with Gasteiger partial charge in [0.2, 0.25) is 5.91 Å². The molecular formula is C18H15BrClF2NO3. The first-order valence-electron chi connectivity index (χ1n) is 7.54. The predicted molar refractivity (Wildman–Crippen MR) is 96.9 cm³/mol. The molecule has 0 aliphatic rings. The predicted octanol–water partition coefficient (Wildman–Crippen LogP) is 3.82. The van der Waals surface area contributed by atoms with Crippen LogP contribution in [0.15, 0.2) is 40.9 Å². The first-order valence-corrected chi connectivity index (χ1v) is 8.71. The van der Waals surface area contributed by atoms with E-state index in [4.69, 9.17) is 16.3 Å². The van der Waals surface area contributed by atoms with Gasteiger partial charge in [-0.2, -0.15) is 0 Å². The normalized spacial score (nSPS) is 11.7. The van der Waals surface area contributed by atoms with Crippen LogP contribution in [-0.4, -0.2) is 25.0 Å². The number of amides is 1. The van der Waals surface area contributed by atoms with Crippen LogP contribution in [0, 0.1) is 11.6 Å². The lowest BCUT2D eigenvalue weighted by molar-refractivity contribution is -0.145. The lowest BCUT2D eigenvalue weighted by Crippen LogP contribution is -2.43. The second-order valence-corrected chi connectivity index (χ2v) is 6.83. The first-order chi connectivity index (χ1) is 12.3. The summed E-state index contributed by atoms with van der Waals surface area (Å²) < 4.78 is 31.9. The van der Waals surface area contributed by atoms with Crippen molar-refractivity contribution in [3.8, 4) is 0 Å². The van der Waals surface area contributed by atoms with Crippen molar-refractivity contribution in [2.24, 2.45) is 0 Å². The summed E-state index contributed by atoms with van der Waals surface area (Å²) in [4.78, 5) is 24.2. The summed E-state index contributed by atoms with van der Waals surface area (Å²) >= 11 is 9.32. The van der Waals surface area contributed by atoms with Crippen molar-refractivity contribution in [3.63, 3.8) is 0 Å². The van der Waals surface area contributed by atoms with Gasteiger partial charge in [0.05, 0.1) is 13.5 Å². The Bertz CT molecular complexity index is 812. The summed E-state index contributed by atoms with van der Waals surface area (Å²) in [6.07, 6.45) is -0.143. The number of halogens is 4. The zero-order valence-corrected chi connectivity index (χ0v) is 16.0. The Hall–Kier alpha value is -1.99. The maximum Gasteiger partial charge on any atom is 0.328 e. The van der Waals surface area contributed by atoms with E-state index < -0.39 is 29.6 Å². The van der Waals surface area contributed by atoms with E-state index in [9.17, 15) is 18.4 Å². The number of ether oxygens (including phenoxy) is 1. The lowest BCUT2D eigenvalue weighted by atomic mass is 10.1. The molecule has 1 amide bonds. The van der Waals surface area contributed by atoms with E-state index in [0.717, 1.165) is 22.7 Å². The second kappa shape index (κ2) is 9.09. The Labute approximate surface area is 162 Å². The number of benzene rings is 2. The molecule has 26 heavy (non-hydrogen) atoms. The van der Waals surface area contributed by atoms with Crippen LogP contribution in [-0.2, 0) is 27.2 Å². The summed E-state index contributed by atoms with van der Waals surface area (Å²) in [7, 11) is 1.20.